The predicted molar refractivity (Wildman–Crippen MR) is 111 cm³/mol. The van der Waals surface area contributed by atoms with Gasteiger partial charge in [-0.25, -0.2) is 18.2 Å². The molecular formula is C20H22ClF3N4O2. The third-order valence-electron chi connectivity index (χ3n) is 3.98. The molecule has 6 nitrogen and oxygen atoms in total. The van der Waals surface area contributed by atoms with Crippen LogP contribution in [-0.2, 0) is 11.2 Å². The first kappa shape index (κ1) is 23.3. The van der Waals surface area contributed by atoms with Crippen molar-refractivity contribution in [3.63, 3.8) is 0 Å². The number of benzene rings is 2. The minimum absolute atomic E-state index is 0.350. The lowest BCUT2D eigenvalue weighted by Crippen LogP contribution is -2.39. The second-order valence-corrected chi connectivity index (χ2v) is 6.51. The molecular weight excluding hydrogens is 421 g/mol. The van der Waals surface area contributed by atoms with Gasteiger partial charge in [-0.1, -0.05) is 17.7 Å². The Morgan fingerprint density at radius 3 is 2.57 bits per heavy atom. The van der Waals surface area contributed by atoms with Gasteiger partial charge in [0.05, 0.1) is 12.8 Å². The number of aliphatic imine (C=N–C) groups is 1. The van der Waals surface area contributed by atoms with Crippen LogP contribution in [0.25, 0.3) is 0 Å². The van der Waals surface area contributed by atoms with Gasteiger partial charge in [0, 0.05) is 18.1 Å². The Balaban J connectivity index is 1.92. The van der Waals surface area contributed by atoms with E-state index in [2.05, 4.69) is 20.9 Å². The lowest BCUT2D eigenvalue weighted by atomic mass is 10.1. The van der Waals surface area contributed by atoms with E-state index in [4.69, 9.17) is 16.3 Å². The van der Waals surface area contributed by atoms with Crippen molar-refractivity contribution in [2.45, 2.75) is 13.3 Å². The van der Waals surface area contributed by atoms with Gasteiger partial charge < -0.3 is 20.7 Å². The Hall–Kier alpha value is -2.94. The molecule has 10 heteroatoms. The highest BCUT2D eigenvalue weighted by Gasteiger charge is 2.15. The Labute approximate surface area is 177 Å². The number of guanidine groups is 1. The van der Waals surface area contributed by atoms with Crippen LogP contribution in [0.5, 0.6) is 5.75 Å². The highest BCUT2D eigenvalue weighted by molar-refractivity contribution is 6.31. The molecule has 2 aromatic rings. The molecule has 0 atom stereocenters. The molecule has 0 fully saturated rings. The molecule has 0 aliphatic carbocycles. The summed E-state index contributed by atoms with van der Waals surface area (Å²) in [5.41, 5.74) is 0.452. The van der Waals surface area contributed by atoms with Crippen molar-refractivity contribution in [3.05, 3.63) is 58.4 Å². The van der Waals surface area contributed by atoms with E-state index in [1.165, 1.54) is 0 Å². The number of hydrogen-bond acceptors (Lipinski definition) is 3. The number of ether oxygens (including phenoxy) is 1. The molecule has 0 spiro atoms. The van der Waals surface area contributed by atoms with Gasteiger partial charge in [0.1, 0.15) is 12.3 Å². The van der Waals surface area contributed by atoms with Crippen molar-refractivity contribution in [1.29, 1.82) is 0 Å². The number of hydrogen-bond donors (Lipinski definition) is 3. The molecule has 0 aliphatic rings. The monoisotopic (exact) mass is 442 g/mol. The van der Waals surface area contributed by atoms with E-state index < -0.39 is 29.0 Å². The number of carbonyl (C=O) groups is 1. The maximum atomic E-state index is 13.6. The van der Waals surface area contributed by atoms with E-state index in [1.54, 1.807) is 13.2 Å². The zero-order valence-corrected chi connectivity index (χ0v) is 17.2. The number of nitrogens with one attached hydrogen (secondary N) is 3. The first-order valence-electron chi connectivity index (χ1n) is 9.13. The minimum Gasteiger partial charge on any atom is -0.497 e. The van der Waals surface area contributed by atoms with Crippen LogP contribution in [0.4, 0.5) is 18.9 Å². The zero-order valence-electron chi connectivity index (χ0n) is 16.5. The van der Waals surface area contributed by atoms with Crippen LogP contribution in [0.1, 0.15) is 12.5 Å². The largest absolute Gasteiger partial charge is 0.497 e. The summed E-state index contributed by atoms with van der Waals surface area (Å²) in [6.07, 6.45) is 0.597. The second kappa shape index (κ2) is 11.3. The third-order valence-corrected chi connectivity index (χ3v) is 4.33. The van der Waals surface area contributed by atoms with Crippen molar-refractivity contribution >= 4 is 29.2 Å². The molecule has 0 heterocycles. The Morgan fingerprint density at radius 2 is 1.90 bits per heavy atom. The first-order valence-corrected chi connectivity index (χ1v) is 9.51. The fourth-order valence-electron chi connectivity index (χ4n) is 2.48. The van der Waals surface area contributed by atoms with Crippen LogP contribution in [-0.4, -0.2) is 38.6 Å². The van der Waals surface area contributed by atoms with Crippen LogP contribution in [0, 0.1) is 17.5 Å². The van der Waals surface area contributed by atoms with Crippen LogP contribution < -0.4 is 20.7 Å². The molecule has 30 heavy (non-hydrogen) atoms. The Bertz CT molecular complexity index is 925. The summed E-state index contributed by atoms with van der Waals surface area (Å²) in [7, 11) is 1.56. The standard InChI is InChI=1S/C20H22ClF3N4O2/c1-3-25-20(26-9-8-12-4-5-13(30-2)10-14(12)21)27-11-17(29)28-16-7-6-15(22)18(23)19(16)24/h4-7,10H,3,8-9,11H2,1-2H3,(H,28,29)(H2,25,26,27). The van der Waals surface area contributed by atoms with E-state index in [0.29, 0.717) is 36.2 Å². The molecule has 2 aromatic carbocycles. The molecule has 2 rings (SSSR count). The van der Waals surface area contributed by atoms with Crippen molar-refractivity contribution < 1.29 is 22.7 Å². The van der Waals surface area contributed by atoms with E-state index >= 15 is 0 Å². The predicted octanol–water partition coefficient (Wildman–Crippen LogP) is 3.50. The number of carbonyl (C=O) groups excluding carboxylic acids is 1. The molecule has 0 aromatic heterocycles. The number of rotatable bonds is 8. The molecule has 0 aliphatic heterocycles. The van der Waals surface area contributed by atoms with Gasteiger partial charge in [0.25, 0.3) is 0 Å². The Morgan fingerprint density at radius 1 is 1.13 bits per heavy atom. The minimum atomic E-state index is -1.65. The highest BCUT2D eigenvalue weighted by atomic mass is 35.5. The van der Waals surface area contributed by atoms with Gasteiger partial charge >= 0.3 is 0 Å². The normalized spacial score (nSPS) is 11.2. The van der Waals surface area contributed by atoms with Crippen LogP contribution in [0.15, 0.2) is 35.3 Å². The molecule has 0 bridgehead atoms. The topological polar surface area (TPSA) is 74.8 Å². The van der Waals surface area contributed by atoms with Gasteiger partial charge in [-0.2, -0.15) is 0 Å². The van der Waals surface area contributed by atoms with Gasteiger partial charge in [0.15, 0.2) is 23.4 Å². The summed E-state index contributed by atoms with van der Waals surface area (Å²) in [5.74, 6) is -4.11. The average molecular weight is 443 g/mol. The van der Waals surface area contributed by atoms with Gasteiger partial charge in [-0.3, -0.25) is 4.79 Å². The van der Waals surface area contributed by atoms with Crippen molar-refractivity contribution in [2.75, 3.05) is 32.1 Å². The molecule has 1 amide bonds. The van der Waals surface area contributed by atoms with Crippen LogP contribution in [0.2, 0.25) is 5.02 Å². The van der Waals surface area contributed by atoms with Crippen LogP contribution in [0.3, 0.4) is 0 Å². The molecule has 0 unspecified atom stereocenters. The van der Waals surface area contributed by atoms with Crippen molar-refractivity contribution in [1.82, 2.24) is 10.6 Å². The smallest absolute Gasteiger partial charge is 0.246 e. The van der Waals surface area contributed by atoms with Crippen molar-refractivity contribution in [2.24, 2.45) is 4.99 Å². The van der Waals surface area contributed by atoms with Gasteiger partial charge in [-0.05, 0) is 43.2 Å². The fourth-order valence-corrected chi connectivity index (χ4v) is 2.74. The molecule has 3 N–H and O–H groups in total. The number of anilines is 1. The average Bonchev–Trinajstić information content (AvgIpc) is 2.73. The van der Waals surface area contributed by atoms with Gasteiger partial charge in [-0.15, -0.1) is 0 Å². The lowest BCUT2D eigenvalue weighted by molar-refractivity contribution is -0.114. The summed E-state index contributed by atoms with van der Waals surface area (Å²) in [6, 6.07) is 7.06. The van der Waals surface area contributed by atoms with Gasteiger partial charge in [0.2, 0.25) is 5.91 Å². The Kier molecular flexibility index (Phi) is 8.79. The van der Waals surface area contributed by atoms with Crippen LogP contribution >= 0.6 is 11.6 Å². The SMILES string of the molecule is CCNC(=NCC(=O)Nc1ccc(F)c(F)c1F)NCCc1ccc(OC)cc1Cl. The summed E-state index contributed by atoms with van der Waals surface area (Å²) < 4.78 is 45.0. The number of amides is 1. The van der Waals surface area contributed by atoms with E-state index in [1.807, 2.05) is 19.1 Å². The third kappa shape index (κ3) is 6.55. The summed E-state index contributed by atoms with van der Waals surface area (Å²) in [6.45, 7) is 2.54. The van der Waals surface area contributed by atoms with E-state index in [9.17, 15) is 18.0 Å². The number of halogens is 4. The summed E-state index contributed by atoms with van der Waals surface area (Å²) >= 11 is 6.21. The number of methoxy groups -OCH3 is 1. The quantitative estimate of drug-likeness (QED) is 0.332. The summed E-state index contributed by atoms with van der Waals surface area (Å²) in [4.78, 5) is 16.1. The molecule has 0 saturated carbocycles. The molecule has 0 radical (unpaired) electrons. The van der Waals surface area contributed by atoms with E-state index in [0.717, 1.165) is 17.7 Å². The van der Waals surface area contributed by atoms with E-state index in [-0.39, 0.29) is 6.54 Å². The number of nitrogens with zero attached hydrogens (tertiary/aromatic N) is 1. The molecule has 0 saturated heterocycles. The highest BCUT2D eigenvalue weighted by Crippen LogP contribution is 2.22. The zero-order chi connectivity index (χ0) is 22.1. The maximum Gasteiger partial charge on any atom is 0.246 e. The lowest BCUT2D eigenvalue weighted by Gasteiger charge is -2.12. The maximum absolute atomic E-state index is 13.6. The second-order valence-electron chi connectivity index (χ2n) is 6.10. The first-order chi connectivity index (χ1) is 14.3. The summed E-state index contributed by atoms with van der Waals surface area (Å²) in [5, 5.41) is 8.77. The fraction of sp³-hybridized carbons (Fsp3) is 0.300. The molecule has 162 valence electrons. The van der Waals surface area contributed by atoms with Crippen molar-refractivity contribution in [3.8, 4) is 5.75 Å².